The number of thiophene rings is 1. The Balaban J connectivity index is 1.55. The summed E-state index contributed by atoms with van der Waals surface area (Å²) in [6.07, 6.45) is 0.270. The first kappa shape index (κ1) is 14.7. The van der Waals surface area contributed by atoms with Crippen molar-refractivity contribution in [2.45, 2.75) is 19.9 Å². The smallest absolute Gasteiger partial charge is 0.268 e. The second-order valence-corrected chi connectivity index (χ2v) is 5.99. The monoisotopic (exact) mass is 320 g/mol. The number of nitrogens with zero attached hydrogens (tertiary/aromatic N) is 3. The Morgan fingerprint density at radius 2 is 2.45 bits per heavy atom. The molecule has 3 heterocycles. The highest BCUT2D eigenvalue weighted by Crippen LogP contribution is 2.22. The van der Waals surface area contributed by atoms with Crippen LogP contribution in [0, 0.1) is 5.92 Å². The standard InChI is InChI=1S/C14H16N4O3S/c1-2-18-8-9(6-12(18)19)13(20)15-7-11-16-14(21-17-11)10-4-3-5-22-10/h3-5,9H,2,6-8H2,1H3,(H,15,20)/t9-/m1/s1. The van der Waals surface area contributed by atoms with E-state index in [0.29, 0.717) is 24.8 Å². The Morgan fingerprint density at radius 1 is 1.59 bits per heavy atom. The molecule has 8 heteroatoms. The highest BCUT2D eigenvalue weighted by molar-refractivity contribution is 7.13. The number of hydrogen-bond donors (Lipinski definition) is 1. The minimum atomic E-state index is -0.295. The molecule has 116 valence electrons. The van der Waals surface area contributed by atoms with Crippen LogP contribution in [0.2, 0.25) is 0 Å². The van der Waals surface area contributed by atoms with Crippen molar-refractivity contribution in [2.24, 2.45) is 5.92 Å². The topological polar surface area (TPSA) is 88.3 Å². The number of carbonyl (C=O) groups is 2. The molecule has 2 aromatic rings. The number of hydrogen-bond acceptors (Lipinski definition) is 6. The van der Waals surface area contributed by atoms with E-state index in [0.717, 1.165) is 4.88 Å². The van der Waals surface area contributed by atoms with E-state index < -0.39 is 0 Å². The Hall–Kier alpha value is -2.22. The van der Waals surface area contributed by atoms with Gasteiger partial charge in [0.1, 0.15) is 0 Å². The molecule has 1 N–H and O–H groups in total. The molecule has 0 aromatic carbocycles. The van der Waals surface area contributed by atoms with Crippen LogP contribution in [0.15, 0.2) is 22.0 Å². The summed E-state index contributed by atoms with van der Waals surface area (Å²) in [6.45, 7) is 3.22. The first-order valence-corrected chi connectivity index (χ1v) is 7.97. The molecule has 1 fully saturated rings. The third-order valence-corrected chi connectivity index (χ3v) is 4.45. The molecule has 0 radical (unpaired) electrons. The van der Waals surface area contributed by atoms with Gasteiger partial charge >= 0.3 is 0 Å². The number of nitrogens with one attached hydrogen (secondary N) is 1. The molecule has 1 atom stereocenters. The van der Waals surface area contributed by atoms with E-state index >= 15 is 0 Å². The molecule has 1 saturated heterocycles. The lowest BCUT2D eigenvalue weighted by atomic mass is 10.1. The Kier molecular flexibility index (Phi) is 4.19. The van der Waals surface area contributed by atoms with Crippen molar-refractivity contribution in [1.29, 1.82) is 0 Å². The summed E-state index contributed by atoms with van der Waals surface area (Å²) in [4.78, 5) is 30.5. The van der Waals surface area contributed by atoms with Gasteiger partial charge in [-0.25, -0.2) is 0 Å². The van der Waals surface area contributed by atoms with Gasteiger partial charge in [0.15, 0.2) is 5.82 Å². The lowest BCUT2D eigenvalue weighted by Crippen LogP contribution is -2.32. The number of likely N-dealkylation sites (tertiary alicyclic amines) is 1. The van der Waals surface area contributed by atoms with Gasteiger partial charge in [-0.05, 0) is 18.4 Å². The SMILES string of the molecule is CCN1C[C@H](C(=O)NCc2noc(-c3cccs3)n2)CC1=O. The number of aromatic nitrogens is 2. The molecular weight excluding hydrogens is 304 g/mol. The summed E-state index contributed by atoms with van der Waals surface area (Å²) in [5.74, 6) is 0.464. The van der Waals surface area contributed by atoms with Crippen LogP contribution in [0.1, 0.15) is 19.2 Å². The Labute approximate surface area is 131 Å². The number of carbonyl (C=O) groups excluding carboxylic acids is 2. The molecule has 0 spiro atoms. The average molecular weight is 320 g/mol. The summed E-state index contributed by atoms with van der Waals surface area (Å²) in [5, 5.41) is 8.54. The molecule has 0 unspecified atom stereocenters. The molecule has 0 bridgehead atoms. The lowest BCUT2D eigenvalue weighted by molar-refractivity contribution is -0.128. The predicted octanol–water partition coefficient (Wildman–Crippen LogP) is 1.28. The molecule has 7 nitrogen and oxygen atoms in total. The third-order valence-electron chi connectivity index (χ3n) is 3.59. The van der Waals surface area contributed by atoms with Crippen LogP contribution in [0.3, 0.4) is 0 Å². The van der Waals surface area contributed by atoms with Gasteiger partial charge in [-0.3, -0.25) is 9.59 Å². The van der Waals surface area contributed by atoms with Gasteiger partial charge in [-0.1, -0.05) is 11.2 Å². The summed E-state index contributed by atoms with van der Waals surface area (Å²) in [6, 6.07) is 3.80. The maximum absolute atomic E-state index is 12.1. The minimum absolute atomic E-state index is 0.0298. The zero-order valence-electron chi connectivity index (χ0n) is 12.1. The van der Waals surface area contributed by atoms with Crippen LogP contribution in [-0.4, -0.2) is 39.9 Å². The molecule has 3 rings (SSSR count). The van der Waals surface area contributed by atoms with Crippen molar-refractivity contribution in [2.75, 3.05) is 13.1 Å². The minimum Gasteiger partial charge on any atom is -0.348 e. The second kappa shape index (κ2) is 6.27. The fourth-order valence-corrected chi connectivity index (χ4v) is 3.03. The van der Waals surface area contributed by atoms with Crippen LogP contribution >= 0.6 is 11.3 Å². The van der Waals surface area contributed by atoms with Crippen LogP contribution in [0.25, 0.3) is 10.8 Å². The predicted molar refractivity (Wildman–Crippen MR) is 79.8 cm³/mol. The lowest BCUT2D eigenvalue weighted by Gasteiger charge is -2.13. The van der Waals surface area contributed by atoms with E-state index in [2.05, 4.69) is 15.5 Å². The maximum Gasteiger partial charge on any atom is 0.268 e. The van der Waals surface area contributed by atoms with Gasteiger partial charge in [0, 0.05) is 19.5 Å². The van der Waals surface area contributed by atoms with Gasteiger partial charge in [-0.2, -0.15) is 4.98 Å². The van der Waals surface area contributed by atoms with Gasteiger partial charge in [0.05, 0.1) is 17.3 Å². The quantitative estimate of drug-likeness (QED) is 0.896. The van der Waals surface area contributed by atoms with E-state index in [1.807, 2.05) is 24.4 Å². The summed E-state index contributed by atoms with van der Waals surface area (Å²) in [7, 11) is 0. The fourth-order valence-electron chi connectivity index (χ4n) is 2.39. The molecule has 0 saturated carbocycles. The molecule has 1 aliphatic heterocycles. The fraction of sp³-hybridized carbons (Fsp3) is 0.429. The molecule has 22 heavy (non-hydrogen) atoms. The van der Waals surface area contributed by atoms with Crippen molar-refractivity contribution in [3.63, 3.8) is 0 Å². The Bertz CT molecular complexity index is 667. The van der Waals surface area contributed by atoms with E-state index in [9.17, 15) is 9.59 Å². The third kappa shape index (κ3) is 3.01. The van der Waals surface area contributed by atoms with E-state index in [4.69, 9.17) is 4.52 Å². The highest BCUT2D eigenvalue weighted by atomic mass is 32.1. The van der Waals surface area contributed by atoms with Crippen molar-refractivity contribution in [3.05, 3.63) is 23.3 Å². The summed E-state index contributed by atoms with van der Waals surface area (Å²) >= 11 is 1.51. The van der Waals surface area contributed by atoms with Gasteiger partial charge in [-0.15, -0.1) is 11.3 Å². The number of amides is 2. The largest absolute Gasteiger partial charge is 0.348 e. The zero-order valence-corrected chi connectivity index (χ0v) is 12.9. The van der Waals surface area contributed by atoms with Gasteiger partial charge in [0.25, 0.3) is 5.89 Å². The van der Waals surface area contributed by atoms with Crippen LogP contribution in [0.5, 0.6) is 0 Å². The molecule has 2 amide bonds. The zero-order chi connectivity index (χ0) is 15.5. The van der Waals surface area contributed by atoms with Crippen molar-refractivity contribution in [1.82, 2.24) is 20.4 Å². The highest BCUT2D eigenvalue weighted by Gasteiger charge is 2.33. The van der Waals surface area contributed by atoms with E-state index in [1.54, 1.807) is 4.90 Å². The Morgan fingerprint density at radius 3 is 3.14 bits per heavy atom. The molecule has 1 aliphatic rings. The van der Waals surface area contributed by atoms with Gasteiger partial charge in [0.2, 0.25) is 11.8 Å². The maximum atomic E-state index is 12.1. The van der Waals surface area contributed by atoms with Gasteiger partial charge < -0.3 is 14.7 Å². The van der Waals surface area contributed by atoms with Crippen molar-refractivity contribution >= 4 is 23.2 Å². The first-order valence-electron chi connectivity index (χ1n) is 7.09. The van der Waals surface area contributed by atoms with Crippen LogP contribution < -0.4 is 5.32 Å². The molecule has 2 aromatic heterocycles. The van der Waals surface area contributed by atoms with Crippen molar-refractivity contribution < 1.29 is 14.1 Å². The molecule has 0 aliphatic carbocycles. The summed E-state index contributed by atoms with van der Waals surface area (Å²) in [5.41, 5.74) is 0. The van der Waals surface area contributed by atoms with Crippen LogP contribution in [-0.2, 0) is 16.1 Å². The average Bonchev–Trinajstić information content (AvgIpc) is 3.24. The van der Waals surface area contributed by atoms with E-state index in [-0.39, 0.29) is 30.7 Å². The second-order valence-electron chi connectivity index (χ2n) is 5.04. The normalized spacial score (nSPS) is 18.0. The number of rotatable bonds is 5. The van der Waals surface area contributed by atoms with Crippen LogP contribution in [0.4, 0.5) is 0 Å². The van der Waals surface area contributed by atoms with Crippen molar-refractivity contribution in [3.8, 4) is 10.8 Å². The van der Waals surface area contributed by atoms with E-state index in [1.165, 1.54) is 11.3 Å². The summed E-state index contributed by atoms with van der Waals surface area (Å²) < 4.78 is 5.15. The first-order chi connectivity index (χ1) is 10.7. The molecular formula is C14H16N4O3S.